The van der Waals surface area contributed by atoms with E-state index < -0.39 is 11.9 Å². The molecule has 0 saturated carbocycles. The van der Waals surface area contributed by atoms with Gasteiger partial charge in [0.25, 0.3) is 0 Å². The molecule has 22 heavy (non-hydrogen) atoms. The molecule has 0 atom stereocenters. The largest absolute Gasteiger partial charge is 0.497 e. The number of carbonyl (C=O) groups excluding carboxylic acids is 2. The van der Waals surface area contributed by atoms with Crippen molar-refractivity contribution in [3.8, 4) is 5.75 Å². The van der Waals surface area contributed by atoms with Gasteiger partial charge in [-0.2, -0.15) is 0 Å². The van der Waals surface area contributed by atoms with Crippen LogP contribution in [-0.4, -0.2) is 46.6 Å². The Labute approximate surface area is 128 Å². The van der Waals surface area contributed by atoms with Crippen molar-refractivity contribution in [2.24, 2.45) is 0 Å². The molecule has 0 unspecified atom stereocenters. The first kappa shape index (κ1) is 15.8. The Kier molecular flexibility index (Phi) is 5.00. The van der Waals surface area contributed by atoms with E-state index >= 15 is 0 Å². The van der Waals surface area contributed by atoms with Crippen LogP contribution in [0.3, 0.4) is 0 Å². The van der Waals surface area contributed by atoms with E-state index in [4.69, 9.17) is 18.9 Å². The Morgan fingerprint density at radius 2 is 1.86 bits per heavy atom. The van der Waals surface area contributed by atoms with Crippen LogP contribution in [-0.2, 0) is 23.8 Å². The van der Waals surface area contributed by atoms with E-state index in [2.05, 4.69) is 0 Å². The molecule has 118 valence electrons. The van der Waals surface area contributed by atoms with Gasteiger partial charge in [0.2, 0.25) is 0 Å². The lowest BCUT2D eigenvalue weighted by Gasteiger charge is -2.31. The van der Waals surface area contributed by atoms with E-state index in [-0.39, 0.29) is 24.6 Å². The molecule has 0 bridgehead atoms. The number of methoxy groups -OCH3 is 3. The Morgan fingerprint density at radius 1 is 1.14 bits per heavy atom. The van der Waals surface area contributed by atoms with E-state index in [1.54, 1.807) is 36.3 Å². The number of benzene rings is 1. The third-order valence-corrected chi connectivity index (χ3v) is 3.20. The maximum atomic E-state index is 12.1. The molecule has 0 spiro atoms. The second-order valence-corrected chi connectivity index (χ2v) is 4.42. The van der Waals surface area contributed by atoms with Gasteiger partial charge in [-0.25, -0.2) is 9.59 Å². The number of esters is 2. The predicted molar refractivity (Wildman–Crippen MR) is 77.4 cm³/mol. The van der Waals surface area contributed by atoms with Gasteiger partial charge in [0, 0.05) is 11.8 Å². The maximum absolute atomic E-state index is 12.1. The minimum atomic E-state index is -0.633. The smallest absolute Gasteiger partial charge is 0.355 e. The van der Waals surface area contributed by atoms with Crippen molar-refractivity contribution in [2.75, 3.05) is 39.6 Å². The summed E-state index contributed by atoms with van der Waals surface area (Å²) in [6, 6.07) is 7.05. The number of rotatable bonds is 4. The molecule has 7 heteroatoms. The van der Waals surface area contributed by atoms with Crippen LogP contribution < -0.4 is 9.64 Å². The van der Waals surface area contributed by atoms with Crippen molar-refractivity contribution >= 4 is 17.6 Å². The molecule has 0 N–H and O–H groups in total. The summed E-state index contributed by atoms with van der Waals surface area (Å²) in [5.74, 6) is -0.647. The first-order chi connectivity index (χ1) is 10.6. The highest BCUT2D eigenvalue weighted by Gasteiger charge is 2.32. The highest BCUT2D eigenvalue weighted by molar-refractivity contribution is 6.03. The Morgan fingerprint density at radius 3 is 2.50 bits per heavy atom. The molecule has 2 rings (SSSR count). The summed E-state index contributed by atoms with van der Waals surface area (Å²) in [6.07, 6.45) is 0. The van der Waals surface area contributed by atoms with Gasteiger partial charge < -0.3 is 23.8 Å². The number of nitrogens with zero attached hydrogens (tertiary/aromatic N) is 1. The molecule has 1 aliphatic rings. The van der Waals surface area contributed by atoms with Gasteiger partial charge in [-0.05, 0) is 12.1 Å². The van der Waals surface area contributed by atoms with Gasteiger partial charge in [-0.1, -0.05) is 6.07 Å². The van der Waals surface area contributed by atoms with Crippen LogP contribution in [0.1, 0.15) is 0 Å². The molecule has 0 amide bonds. The summed E-state index contributed by atoms with van der Waals surface area (Å²) in [4.78, 5) is 25.5. The van der Waals surface area contributed by atoms with E-state index in [1.807, 2.05) is 0 Å². The minimum absolute atomic E-state index is 0.0163. The zero-order chi connectivity index (χ0) is 16.1. The van der Waals surface area contributed by atoms with E-state index in [0.717, 1.165) is 0 Å². The maximum Gasteiger partial charge on any atom is 0.355 e. The first-order valence-electron chi connectivity index (χ1n) is 6.51. The second kappa shape index (κ2) is 6.95. The Balaban J connectivity index is 2.52. The molecule has 7 nitrogen and oxygen atoms in total. The van der Waals surface area contributed by atoms with Gasteiger partial charge in [0.05, 0.1) is 33.5 Å². The molecule has 1 aromatic rings. The van der Waals surface area contributed by atoms with Crippen molar-refractivity contribution in [1.82, 2.24) is 0 Å². The lowest BCUT2D eigenvalue weighted by Crippen LogP contribution is -2.38. The molecule has 0 radical (unpaired) electrons. The van der Waals surface area contributed by atoms with Crippen molar-refractivity contribution in [2.45, 2.75) is 0 Å². The van der Waals surface area contributed by atoms with Crippen LogP contribution in [0, 0.1) is 0 Å². The Hall–Kier alpha value is -2.54. The van der Waals surface area contributed by atoms with E-state index in [9.17, 15) is 9.59 Å². The van der Waals surface area contributed by atoms with Gasteiger partial charge in [-0.3, -0.25) is 0 Å². The van der Waals surface area contributed by atoms with Crippen LogP contribution in [0.4, 0.5) is 5.69 Å². The van der Waals surface area contributed by atoms with Crippen molar-refractivity contribution in [3.63, 3.8) is 0 Å². The first-order valence-corrected chi connectivity index (χ1v) is 6.51. The summed E-state index contributed by atoms with van der Waals surface area (Å²) in [5, 5.41) is 0. The third-order valence-electron chi connectivity index (χ3n) is 3.20. The topological polar surface area (TPSA) is 74.3 Å². The van der Waals surface area contributed by atoms with Gasteiger partial charge in [-0.15, -0.1) is 0 Å². The number of anilines is 1. The molecule has 1 heterocycles. The van der Waals surface area contributed by atoms with Crippen LogP contribution in [0.5, 0.6) is 5.75 Å². The minimum Gasteiger partial charge on any atom is -0.497 e. The van der Waals surface area contributed by atoms with Crippen LogP contribution in [0.25, 0.3) is 0 Å². The van der Waals surface area contributed by atoms with Gasteiger partial charge in [0.15, 0.2) is 0 Å². The number of carbonyl (C=O) groups is 2. The molecule has 0 aliphatic carbocycles. The van der Waals surface area contributed by atoms with Crippen molar-refractivity contribution in [3.05, 3.63) is 35.5 Å². The zero-order valence-corrected chi connectivity index (χ0v) is 12.6. The quantitative estimate of drug-likeness (QED) is 0.771. The van der Waals surface area contributed by atoms with Crippen LogP contribution in [0.15, 0.2) is 35.5 Å². The standard InChI is InChI=1S/C15H17NO6/c1-19-11-6-4-5-10(7-11)16-9-22-8-12(14(17)20-2)13(16)15(18)21-3/h4-7H,8-9H2,1-3H3. The second-order valence-electron chi connectivity index (χ2n) is 4.42. The average molecular weight is 307 g/mol. The predicted octanol–water partition coefficient (Wildman–Crippen LogP) is 1.09. The zero-order valence-electron chi connectivity index (χ0n) is 12.6. The molecule has 0 fully saturated rings. The fraction of sp³-hybridized carbons (Fsp3) is 0.333. The summed E-state index contributed by atoms with van der Waals surface area (Å²) >= 11 is 0. The van der Waals surface area contributed by atoms with Gasteiger partial charge in [0.1, 0.15) is 18.2 Å². The Bertz CT molecular complexity index is 610. The molecule has 0 aromatic heterocycles. The lowest BCUT2D eigenvalue weighted by molar-refractivity contribution is -0.140. The number of ether oxygens (including phenoxy) is 4. The molecule has 1 aliphatic heterocycles. The average Bonchev–Trinajstić information content (AvgIpc) is 2.59. The summed E-state index contributed by atoms with van der Waals surface area (Å²) in [6.45, 7) is 0.0929. The fourth-order valence-corrected chi connectivity index (χ4v) is 2.13. The van der Waals surface area contributed by atoms with Crippen molar-refractivity contribution < 1.29 is 28.5 Å². The number of hydrogen-bond donors (Lipinski definition) is 0. The normalized spacial score (nSPS) is 14.6. The summed E-state index contributed by atoms with van der Waals surface area (Å²) < 4.78 is 20.1. The number of hydrogen-bond acceptors (Lipinski definition) is 7. The highest BCUT2D eigenvalue weighted by Crippen LogP contribution is 2.29. The third kappa shape index (κ3) is 3.04. The van der Waals surface area contributed by atoms with Crippen LogP contribution >= 0.6 is 0 Å². The molecule has 0 saturated heterocycles. The lowest BCUT2D eigenvalue weighted by atomic mass is 10.1. The van der Waals surface area contributed by atoms with E-state index in [1.165, 1.54) is 14.2 Å². The van der Waals surface area contributed by atoms with Crippen molar-refractivity contribution in [1.29, 1.82) is 0 Å². The van der Waals surface area contributed by atoms with Crippen LogP contribution in [0.2, 0.25) is 0 Å². The molecule has 1 aromatic carbocycles. The fourth-order valence-electron chi connectivity index (χ4n) is 2.13. The highest BCUT2D eigenvalue weighted by atomic mass is 16.5. The monoisotopic (exact) mass is 307 g/mol. The van der Waals surface area contributed by atoms with E-state index in [0.29, 0.717) is 11.4 Å². The van der Waals surface area contributed by atoms with Gasteiger partial charge >= 0.3 is 11.9 Å². The molecular formula is C15H17NO6. The summed E-state index contributed by atoms with van der Waals surface area (Å²) in [5.41, 5.74) is 0.859. The SMILES string of the molecule is COC(=O)C1=C(C(=O)OC)N(c2cccc(OC)c2)COC1. The molecular weight excluding hydrogens is 290 g/mol. The summed E-state index contributed by atoms with van der Waals surface area (Å²) in [7, 11) is 4.04.